The molecule has 0 aromatic carbocycles. The van der Waals surface area contributed by atoms with Crippen molar-refractivity contribution in [2.75, 3.05) is 22.9 Å². The van der Waals surface area contributed by atoms with E-state index >= 15 is 0 Å². The number of thioether (sulfide) groups is 1. The largest absolute Gasteiger partial charge is 0.368 e. The highest BCUT2D eigenvalue weighted by molar-refractivity contribution is 7.99. The fraction of sp³-hybridized carbons (Fsp3) is 0.643. The molecule has 6 heteroatoms. The molecule has 1 saturated carbocycles. The zero-order chi connectivity index (χ0) is 14.5. The molecule has 2 unspecified atom stereocenters. The van der Waals surface area contributed by atoms with Crippen LogP contribution in [0.15, 0.2) is 6.07 Å². The molecule has 2 N–H and O–H groups in total. The molecule has 1 aliphatic carbocycles. The fourth-order valence-corrected chi connectivity index (χ4v) is 3.74. The molecule has 0 aliphatic heterocycles. The Bertz CT molecular complexity index is 456. The summed E-state index contributed by atoms with van der Waals surface area (Å²) in [5.41, 5.74) is 0. The van der Waals surface area contributed by atoms with Crippen LogP contribution in [0.2, 0.25) is 0 Å². The van der Waals surface area contributed by atoms with Crippen LogP contribution in [0.1, 0.15) is 33.1 Å². The van der Waals surface area contributed by atoms with Gasteiger partial charge in [-0.05, 0) is 25.5 Å². The van der Waals surface area contributed by atoms with Gasteiger partial charge in [-0.2, -0.15) is 11.8 Å². The van der Waals surface area contributed by atoms with Gasteiger partial charge in [-0.1, -0.05) is 13.3 Å². The van der Waals surface area contributed by atoms with Crippen molar-refractivity contribution in [3.63, 3.8) is 0 Å². The molecule has 0 saturated heterocycles. The van der Waals surface area contributed by atoms with E-state index in [0.29, 0.717) is 11.8 Å². The van der Waals surface area contributed by atoms with Crippen LogP contribution in [-0.4, -0.2) is 28.6 Å². The molecule has 1 heterocycles. The van der Waals surface area contributed by atoms with Crippen LogP contribution in [0, 0.1) is 11.6 Å². The molecule has 0 radical (unpaired) electrons. The third kappa shape index (κ3) is 3.53. The van der Waals surface area contributed by atoms with E-state index in [0.717, 1.165) is 31.1 Å². The molecular formula is C14H21F2N3S. The van der Waals surface area contributed by atoms with Gasteiger partial charge in [0.1, 0.15) is 0 Å². The van der Waals surface area contributed by atoms with E-state index in [1.807, 2.05) is 18.7 Å². The fourth-order valence-electron chi connectivity index (χ4n) is 2.54. The Balaban J connectivity index is 2.13. The number of hydrogen-bond acceptors (Lipinski definition) is 4. The molecule has 112 valence electrons. The predicted molar refractivity (Wildman–Crippen MR) is 81.5 cm³/mol. The number of rotatable bonds is 6. The van der Waals surface area contributed by atoms with Crippen molar-refractivity contribution >= 4 is 23.4 Å². The van der Waals surface area contributed by atoms with Gasteiger partial charge in [0.25, 0.3) is 0 Å². The number of pyridine rings is 1. The quantitative estimate of drug-likeness (QED) is 0.836. The Labute approximate surface area is 122 Å². The van der Waals surface area contributed by atoms with Gasteiger partial charge in [0.2, 0.25) is 0 Å². The lowest BCUT2D eigenvalue weighted by Crippen LogP contribution is -2.27. The molecule has 2 rings (SSSR count). The molecule has 1 fully saturated rings. The van der Waals surface area contributed by atoms with Crippen LogP contribution in [0.4, 0.5) is 20.4 Å². The number of nitrogens with one attached hydrogen (secondary N) is 2. The Morgan fingerprint density at radius 3 is 2.70 bits per heavy atom. The molecule has 0 bridgehead atoms. The van der Waals surface area contributed by atoms with Crippen LogP contribution < -0.4 is 10.6 Å². The highest BCUT2D eigenvalue weighted by Crippen LogP contribution is 2.32. The van der Waals surface area contributed by atoms with Gasteiger partial charge in [0.15, 0.2) is 23.3 Å². The Morgan fingerprint density at radius 1 is 1.25 bits per heavy atom. The van der Waals surface area contributed by atoms with Crippen molar-refractivity contribution < 1.29 is 8.78 Å². The summed E-state index contributed by atoms with van der Waals surface area (Å²) < 4.78 is 27.4. The zero-order valence-electron chi connectivity index (χ0n) is 11.9. The minimum absolute atomic E-state index is 0.106. The second kappa shape index (κ2) is 7.11. The smallest absolute Gasteiger partial charge is 0.168 e. The topological polar surface area (TPSA) is 37.0 Å². The van der Waals surface area contributed by atoms with Crippen LogP contribution >= 0.6 is 11.8 Å². The van der Waals surface area contributed by atoms with E-state index in [2.05, 4.69) is 22.5 Å². The lowest BCUT2D eigenvalue weighted by Gasteiger charge is -2.21. The van der Waals surface area contributed by atoms with Crippen LogP contribution in [0.25, 0.3) is 0 Å². The molecule has 20 heavy (non-hydrogen) atoms. The van der Waals surface area contributed by atoms with E-state index in [1.165, 1.54) is 0 Å². The Morgan fingerprint density at radius 2 is 2.00 bits per heavy atom. The third-order valence-corrected chi connectivity index (χ3v) is 4.75. The number of hydrogen-bond donors (Lipinski definition) is 2. The molecule has 1 aliphatic rings. The van der Waals surface area contributed by atoms with Crippen molar-refractivity contribution in [1.29, 1.82) is 0 Å². The first-order valence-corrected chi connectivity index (χ1v) is 8.18. The van der Waals surface area contributed by atoms with E-state index in [9.17, 15) is 8.78 Å². The van der Waals surface area contributed by atoms with Gasteiger partial charge in [0.05, 0.1) is 0 Å². The Hall–Kier alpha value is -1.04. The SMILES string of the molecule is CCNc1nc(NC2CCCC2SCC)c(F)cc1F. The summed E-state index contributed by atoms with van der Waals surface area (Å²) in [4.78, 5) is 4.04. The maximum absolute atomic E-state index is 13.8. The van der Waals surface area contributed by atoms with Crippen molar-refractivity contribution in [3.05, 3.63) is 17.7 Å². The lowest BCUT2D eigenvalue weighted by molar-refractivity contribution is 0.575. The first-order chi connectivity index (χ1) is 9.65. The number of anilines is 2. The van der Waals surface area contributed by atoms with Crippen LogP contribution in [-0.2, 0) is 0 Å². The van der Waals surface area contributed by atoms with E-state index in [-0.39, 0.29) is 17.7 Å². The molecule has 3 nitrogen and oxygen atoms in total. The Kier molecular flexibility index (Phi) is 5.46. The zero-order valence-corrected chi connectivity index (χ0v) is 12.7. The van der Waals surface area contributed by atoms with Crippen LogP contribution in [0.5, 0.6) is 0 Å². The summed E-state index contributed by atoms with van der Waals surface area (Å²) in [5, 5.41) is 6.44. The van der Waals surface area contributed by atoms with Gasteiger partial charge in [-0.25, -0.2) is 13.8 Å². The standard InChI is InChI=1S/C14H21F2N3S/c1-3-17-13-9(15)8-10(16)14(19-13)18-11-6-5-7-12(11)20-4-2/h8,11-12H,3-7H2,1-2H3,(H2,17,18,19). The second-order valence-corrected chi connectivity index (χ2v) is 6.37. The minimum atomic E-state index is -0.652. The van der Waals surface area contributed by atoms with E-state index in [4.69, 9.17) is 0 Å². The second-order valence-electron chi connectivity index (χ2n) is 4.86. The van der Waals surface area contributed by atoms with Crippen molar-refractivity contribution in [1.82, 2.24) is 4.98 Å². The van der Waals surface area contributed by atoms with Gasteiger partial charge in [-0.15, -0.1) is 0 Å². The number of nitrogens with zero attached hydrogens (tertiary/aromatic N) is 1. The summed E-state index contributed by atoms with van der Waals surface area (Å²) in [5.74, 6) is 0.0207. The molecule has 1 aromatic heterocycles. The first-order valence-electron chi connectivity index (χ1n) is 7.13. The summed E-state index contributed by atoms with van der Waals surface area (Å²) >= 11 is 1.89. The van der Waals surface area contributed by atoms with E-state index in [1.54, 1.807) is 0 Å². The normalized spacial score (nSPS) is 22.0. The average molecular weight is 301 g/mol. The predicted octanol–water partition coefficient (Wildman–Crippen LogP) is 3.88. The minimum Gasteiger partial charge on any atom is -0.368 e. The number of aromatic nitrogens is 1. The van der Waals surface area contributed by atoms with Crippen molar-refractivity contribution in [2.45, 2.75) is 44.4 Å². The third-order valence-electron chi connectivity index (χ3n) is 3.43. The highest BCUT2D eigenvalue weighted by Gasteiger charge is 2.28. The molecule has 0 spiro atoms. The molecule has 2 atom stereocenters. The van der Waals surface area contributed by atoms with Gasteiger partial charge >= 0.3 is 0 Å². The van der Waals surface area contributed by atoms with Gasteiger partial charge < -0.3 is 10.6 Å². The van der Waals surface area contributed by atoms with Gasteiger partial charge in [0, 0.05) is 23.9 Å². The van der Waals surface area contributed by atoms with Crippen molar-refractivity contribution in [3.8, 4) is 0 Å². The van der Waals surface area contributed by atoms with E-state index < -0.39 is 11.6 Å². The maximum Gasteiger partial charge on any atom is 0.168 e. The summed E-state index contributed by atoms with van der Waals surface area (Å²) in [6, 6.07) is 1.10. The average Bonchev–Trinajstić information content (AvgIpc) is 2.83. The first kappa shape index (κ1) is 15.4. The lowest BCUT2D eigenvalue weighted by atomic mass is 10.2. The molecule has 1 aromatic rings. The molecular weight excluding hydrogens is 280 g/mol. The maximum atomic E-state index is 13.8. The van der Waals surface area contributed by atoms with Crippen molar-refractivity contribution in [2.24, 2.45) is 0 Å². The van der Waals surface area contributed by atoms with Crippen LogP contribution in [0.3, 0.4) is 0 Å². The summed E-state index contributed by atoms with van der Waals surface area (Å²) in [6.45, 7) is 4.52. The monoisotopic (exact) mass is 301 g/mol. The highest BCUT2D eigenvalue weighted by atomic mass is 32.2. The molecule has 0 amide bonds. The number of halogens is 2. The summed E-state index contributed by atoms with van der Waals surface area (Å²) in [6.07, 6.45) is 3.28. The summed E-state index contributed by atoms with van der Waals surface area (Å²) in [7, 11) is 0. The van der Waals surface area contributed by atoms with Gasteiger partial charge in [-0.3, -0.25) is 0 Å².